The van der Waals surface area contributed by atoms with Gasteiger partial charge in [0.05, 0.1) is 17.3 Å². The van der Waals surface area contributed by atoms with Gasteiger partial charge in [0.1, 0.15) is 11.5 Å². The summed E-state index contributed by atoms with van der Waals surface area (Å²) in [5.41, 5.74) is 1.30. The number of hydrogen-bond donors (Lipinski definition) is 0. The highest BCUT2D eigenvalue weighted by Gasteiger charge is 2.14. The second-order valence-electron chi connectivity index (χ2n) is 4.07. The molecule has 4 heteroatoms. The van der Waals surface area contributed by atoms with E-state index in [-0.39, 0.29) is 11.5 Å². The number of hydrogen-bond acceptors (Lipinski definition) is 3. The van der Waals surface area contributed by atoms with Crippen molar-refractivity contribution >= 4 is 16.7 Å². The molecule has 3 rings (SSSR count). The molecule has 3 aromatic rings. The van der Waals surface area contributed by atoms with Crippen LogP contribution in [0, 0.1) is 5.82 Å². The molecule has 0 spiro atoms. The van der Waals surface area contributed by atoms with Gasteiger partial charge in [-0.05, 0) is 24.3 Å². The number of rotatable bonds is 2. The lowest BCUT2D eigenvalue weighted by molar-refractivity contribution is 0.103. The van der Waals surface area contributed by atoms with Crippen LogP contribution in [0.4, 0.5) is 4.39 Å². The number of benzene rings is 1. The van der Waals surface area contributed by atoms with Crippen LogP contribution in [-0.4, -0.2) is 15.8 Å². The Morgan fingerprint density at radius 1 is 1.00 bits per heavy atom. The molecule has 2 heterocycles. The number of ketones is 1. The average Bonchev–Trinajstić information content (AvgIpc) is 2.47. The van der Waals surface area contributed by atoms with E-state index in [2.05, 4.69) is 9.97 Å². The Kier molecular flexibility index (Phi) is 2.76. The van der Waals surface area contributed by atoms with Gasteiger partial charge in [0.25, 0.3) is 0 Å². The summed E-state index contributed by atoms with van der Waals surface area (Å²) in [6.45, 7) is 0. The van der Waals surface area contributed by atoms with Crippen LogP contribution in [0.25, 0.3) is 10.9 Å². The van der Waals surface area contributed by atoms with E-state index in [0.29, 0.717) is 11.1 Å². The Balaban J connectivity index is 2.14. The summed E-state index contributed by atoms with van der Waals surface area (Å²) in [4.78, 5) is 20.4. The first kappa shape index (κ1) is 11.5. The van der Waals surface area contributed by atoms with Gasteiger partial charge in [-0.3, -0.25) is 9.78 Å². The molecule has 0 saturated carbocycles. The van der Waals surface area contributed by atoms with Gasteiger partial charge in [-0.25, -0.2) is 9.37 Å². The van der Waals surface area contributed by atoms with Crippen LogP contribution >= 0.6 is 0 Å². The Bertz CT molecular complexity index is 748. The lowest BCUT2D eigenvalue weighted by atomic mass is 10.0. The lowest BCUT2D eigenvalue weighted by Crippen LogP contribution is -2.05. The molecule has 0 amide bonds. The third-order valence-electron chi connectivity index (χ3n) is 2.84. The molecular weight excluding hydrogens is 243 g/mol. The molecule has 0 unspecified atom stereocenters. The first-order chi connectivity index (χ1) is 9.25. The van der Waals surface area contributed by atoms with Gasteiger partial charge in [-0.15, -0.1) is 0 Å². The van der Waals surface area contributed by atoms with E-state index in [9.17, 15) is 9.18 Å². The van der Waals surface area contributed by atoms with Gasteiger partial charge < -0.3 is 0 Å². The minimum atomic E-state index is -0.465. The zero-order valence-electron chi connectivity index (χ0n) is 9.88. The molecule has 2 aromatic heterocycles. The number of fused-ring (bicyclic) bond motifs is 1. The minimum absolute atomic E-state index is 0.208. The molecule has 0 radical (unpaired) electrons. The summed E-state index contributed by atoms with van der Waals surface area (Å²) in [7, 11) is 0. The molecule has 1 aromatic carbocycles. The van der Waals surface area contributed by atoms with Gasteiger partial charge in [0.2, 0.25) is 5.78 Å². The predicted molar refractivity (Wildman–Crippen MR) is 69.4 cm³/mol. The van der Waals surface area contributed by atoms with E-state index in [1.165, 1.54) is 12.1 Å². The highest BCUT2D eigenvalue weighted by molar-refractivity contribution is 6.14. The topological polar surface area (TPSA) is 42.9 Å². The fraction of sp³-hybridized carbons (Fsp3) is 0. The third-order valence-corrected chi connectivity index (χ3v) is 2.84. The van der Waals surface area contributed by atoms with E-state index in [1.807, 2.05) is 18.2 Å². The molecule has 0 fully saturated rings. The van der Waals surface area contributed by atoms with Crippen molar-refractivity contribution in [3.8, 4) is 0 Å². The third kappa shape index (κ3) is 2.08. The number of aromatic nitrogens is 2. The maximum atomic E-state index is 12.8. The molecule has 92 valence electrons. The Morgan fingerprint density at radius 2 is 1.84 bits per heavy atom. The van der Waals surface area contributed by atoms with Crippen LogP contribution in [0.3, 0.4) is 0 Å². The monoisotopic (exact) mass is 252 g/mol. The van der Waals surface area contributed by atoms with E-state index >= 15 is 0 Å². The van der Waals surface area contributed by atoms with E-state index in [1.54, 1.807) is 18.3 Å². The van der Waals surface area contributed by atoms with Crippen molar-refractivity contribution in [2.75, 3.05) is 0 Å². The molecule has 19 heavy (non-hydrogen) atoms. The zero-order valence-corrected chi connectivity index (χ0v) is 9.88. The fourth-order valence-electron chi connectivity index (χ4n) is 1.94. The van der Waals surface area contributed by atoms with Crippen molar-refractivity contribution < 1.29 is 9.18 Å². The maximum Gasteiger partial charge on any atom is 0.213 e. The van der Waals surface area contributed by atoms with Crippen molar-refractivity contribution in [2.45, 2.75) is 0 Å². The first-order valence-electron chi connectivity index (χ1n) is 5.76. The van der Waals surface area contributed by atoms with Crippen LogP contribution in [0.1, 0.15) is 16.1 Å². The van der Waals surface area contributed by atoms with Crippen molar-refractivity contribution in [3.63, 3.8) is 0 Å². The van der Waals surface area contributed by atoms with Crippen molar-refractivity contribution in [3.05, 3.63) is 71.9 Å². The van der Waals surface area contributed by atoms with Gasteiger partial charge >= 0.3 is 0 Å². The molecule has 0 bridgehead atoms. The molecular formula is C15H9FN2O. The molecule has 0 aliphatic heterocycles. The summed E-state index contributed by atoms with van der Waals surface area (Å²) in [5.74, 6) is -0.725. The average molecular weight is 252 g/mol. The standard InChI is InChI=1S/C15H9FN2O/c16-11-6-7-13(18-9-11)15(19)12-5-1-3-10-4-2-8-17-14(10)12/h1-9H. The molecule has 0 atom stereocenters. The summed E-state index contributed by atoms with van der Waals surface area (Å²) in [6.07, 6.45) is 2.67. The maximum absolute atomic E-state index is 12.8. The lowest BCUT2D eigenvalue weighted by Gasteiger charge is -2.04. The molecule has 3 nitrogen and oxygen atoms in total. The van der Waals surface area contributed by atoms with E-state index < -0.39 is 5.82 Å². The number of nitrogens with zero attached hydrogens (tertiary/aromatic N) is 2. The quantitative estimate of drug-likeness (QED) is 0.658. The zero-order chi connectivity index (χ0) is 13.2. The SMILES string of the molecule is O=C(c1ccc(F)cn1)c1cccc2cccnc12. The highest BCUT2D eigenvalue weighted by Crippen LogP contribution is 2.18. The number of carbonyl (C=O) groups excluding carboxylic acids is 1. The highest BCUT2D eigenvalue weighted by atomic mass is 19.1. The predicted octanol–water partition coefficient (Wildman–Crippen LogP) is 3.00. The fourth-order valence-corrected chi connectivity index (χ4v) is 1.94. The van der Waals surface area contributed by atoms with Crippen LogP contribution in [0.2, 0.25) is 0 Å². The van der Waals surface area contributed by atoms with Crippen LogP contribution in [0.15, 0.2) is 54.9 Å². The van der Waals surface area contributed by atoms with Gasteiger partial charge in [-0.2, -0.15) is 0 Å². The smallest absolute Gasteiger partial charge is 0.213 e. The van der Waals surface area contributed by atoms with Crippen molar-refractivity contribution in [2.24, 2.45) is 0 Å². The molecule has 0 aliphatic carbocycles. The second kappa shape index (κ2) is 4.57. The summed E-state index contributed by atoms with van der Waals surface area (Å²) in [5, 5.41) is 0.885. The Labute approximate surface area is 108 Å². The molecule has 0 aliphatic rings. The van der Waals surface area contributed by atoms with E-state index in [0.717, 1.165) is 11.6 Å². The van der Waals surface area contributed by atoms with Crippen LogP contribution in [-0.2, 0) is 0 Å². The van der Waals surface area contributed by atoms with Crippen LogP contribution < -0.4 is 0 Å². The largest absolute Gasteiger partial charge is 0.287 e. The summed E-state index contributed by atoms with van der Waals surface area (Å²) in [6, 6.07) is 11.7. The number of carbonyl (C=O) groups is 1. The summed E-state index contributed by atoms with van der Waals surface area (Å²) >= 11 is 0. The normalized spacial score (nSPS) is 10.6. The molecule has 0 saturated heterocycles. The number of halogens is 1. The van der Waals surface area contributed by atoms with Crippen molar-refractivity contribution in [1.82, 2.24) is 9.97 Å². The summed E-state index contributed by atoms with van der Waals surface area (Å²) < 4.78 is 12.8. The minimum Gasteiger partial charge on any atom is -0.287 e. The van der Waals surface area contributed by atoms with Crippen LogP contribution in [0.5, 0.6) is 0 Å². The number of para-hydroxylation sites is 1. The first-order valence-corrected chi connectivity index (χ1v) is 5.76. The van der Waals surface area contributed by atoms with Crippen molar-refractivity contribution in [1.29, 1.82) is 0 Å². The second-order valence-corrected chi connectivity index (χ2v) is 4.07. The van der Waals surface area contributed by atoms with Gasteiger partial charge in [0.15, 0.2) is 0 Å². The van der Waals surface area contributed by atoms with E-state index in [4.69, 9.17) is 0 Å². The number of pyridine rings is 2. The Hall–Kier alpha value is -2.62. The van der Waals surface area contributed by atoms with Gasteiger partial charge in [-0.1, -0.05) is 18.2 Å². The molecule has 0 N–H and O–H groups in total. The Morgan fingerprint density at radius 3 is 2.63 bits per heavy atom. The van der Waals surface area contributed by atoms with Gasteiger partial charge in [0, 0.05) is 11.6 Å².